The summed E-state index contributed by atoms with van der Waals surface area (Å²) in [7, 11) is 4.21. The summed E-state index contributed by atoms with van der Waals surface area (Å²) >= 11 is 6.20. The number of nitrogens with zero attached hydrogens (tertiary/aromatic N) is 4. The van der Waals surface area contributed by atoms with E-state index < -0.39 is 0 Å². The molecule has 1 fully saturated rings. The minimum absolute atomic E-state index is 0.0110. The van der Waals surface area contributed by atoms with Crippen LogP contribution >= 0.6 is 11.6 Å². The van der Waals surface area contributed by atoms with Gasteiger partial charge in [-0.3, -0.25) is 4.79 Å². The Labute approximate surface area is 154 Å². The van der Waals surface area contributed by atoms with E-state index >= 15 is 0 Å². The molecule has 1 saturated heterocycles. The van der Waals surface area contributed by atoms with Crippen LogP contribution in [0, 0.1) is 5.92 Å². The fourth-order valence-electron chi connectivity index (χ4n) is 3.24. The minimum atomic E-state index is 0.0110. The molecule has 2 heterocycles. The number of carbonyl (C=O) groups is 1. The molecule has 3 rings (SSSR count). The molecular weight excluding hydrogens is 336 g/mol. The van der Waals surface area contributed by atoms with Crippen LogP contribution in [0.15, 0.2) is 36.5 Å². The monoisotopic (exact) mass is 360 g/mol. The van der Waals surface area contributed by atoms with Gasteiger partial charge < -0.3 is 9.80 Å². The van der Waals surface area contributed by atoms with E-state index in [0.29, 0.717) is 16.6 Å². The van der Waals surface area contributed by atoms with Crippen LogP contribution in [0.4, 0.5) is 0 Å². The Balaban J connectivity index is 1.60. The lowest BCUT2D eigenvalue weighted by atomic mass is 9.93. The molecule has 0 atom stereocenters. The minimum Gasteiger partial charge on any atom is -0.337 e. The van der Waals surface area contributed by atoms with Crippen molar-refractivity contribution in [3.05, 3.63) is 47.2 Å². The Morgan fingerprint density at radius 2 is 1.96 bits per heavy atom. The Morgan fingerprint density at radius 3 is 2.64 bits per heavy atom. The second-order valence-corrected chi connectivity index (χ2v) is 7.33. The van der Waals surface area contributed by atoms with Gasteiger partial charge in [0.2, 0.25) is 0 Å². The van der Waals surface area contributed by atoms with E-state index in [1.807, 2.05) is 29.2 Å². The summed E-state index contributed by atoms with van der Waals surface area (Å²) in [5.41, 5.74) is 1.26. The molecule has 0 spiro atoms. The summed E-state index contributed by atoms with van der Waals surface area (Å²) in [5.74, 6) is 0.726. The predicted molar refractivity (Wildman–Crippen MR) is 100 cm³/mol. The fourth-order valence-corrected chi connectivity index (χ4v) is 3.46. The van der Waals surface area contributed by atoms with Crippen LogP contribution < -0.4 is 0 Å². The number of halogens is 1. The maximum atomic E-state index is 12.7. The Bertz CT molecular complexity index is 720. The summed E-state index contributed by atoms with van der Waals surface area (Å²) < 4.78 is 1.67. The lowest BCUT2D eigenvalue weighted by Crippen LogP contribution is -2.39. The summed E-state index contributed by atoms with van der Waals surface area (Å²) in [5, 5.41) is 5.05. The first kappa shape index (κ1) is 18.0. The Morgan fingerprint density at radius 1 is 1.24 bits per heavy atom. The van der Waals surface area contributed by atoms with E-state index in [4.69, 9.17) is 11.6 Å². The van der Waals surface area contributed by atoms with Gasteiger partial charge in [-0.2, -0.15) is 5.10 Å². The highest BCUT2D eigenvalue weighted by atomic mass is 35.5. The first-order valence-corrected chi connectivity index (χ1v) is 9.17. The molecule has 1 aromatic heterocycles. The second kappa shape index (κ2) is 8.02. The van der Waals surface area contributed by atoms with Gasteiger partial charge in [-0.15, -0.1) is 0 Å². The highest BCUT2D eigenvalue weighted by molar-refractivity contribution is 6.32. The molecule has 6 heteroatoms. The van der Waals surface area contributed by atoms with E-state index in [2.05, 4.69) is 24.1 Å². The lowest BCUT2D eigenvalue weighted by molar-refractivity contribution is 0.0677. The average Bonchev–Trinajstić information content (AvgIpc) is 3.10. The van der Waals surface area contributed by atoms with Gasteiger partial charge in [0.05, 0.1) is 10.7 Å². The smallest absolute Gasteiger partial charge is 0.274 e. The van der Waals surface area contributed by atoms with E-state index in [-0.39, 0.29) is 5.91 Å². The van der Waals surface area contributed by atoms with Gasteiger partial charge in [0.1, 0.15) is 0 Å². The molecule has 1 amide bonds. The normalized spacial score (nSPS) is 15.8. The Kier molecular flexibility index (Phi) is 5.76. The van der Waals surface area contributed by atoms with Gasteiger partial charge in [0, 0.05) is 19.3 Å². The van der Waals surface area contributed by atoms with Crippen molar-refractivity contribution in [3.8, 4) is 5.69 Å². The van der Waals surface area contributed by atoms with Crippen LogP contribution in [0.1, 0.15) is 29.8 Å². The average molecular weight is 361 g/mol. The molecule has 25 heavy (non-hydrogen) atoms. The van der Waals surface area contributed by atoms with Crippen molar-refractivity contribution in [3.63, 3.8) is 0 Å². The van der Waals surface area contributed by atoms with E-state index in [0.717, 1.165) is 38.2 Å². The molecule has 1 aliphatic heterocycles. The van der Waals surface area contributed by atoms with E-state index in [1.54, 1.807) is 16.9 Å². The molecule has 0 aliphatic carbocycles. The molecule has 0 radical (unpaired) electrons. The number of piperidine rings is 1. The van der Waals surface area contributed by atoms with Crippen LogP contribution in [-0.2, 0) is 0 Å². The molecule has 134 valence electrons. The van der Waals surface area contributed by atoms with Gasteiger partial charge in [0.15, 0.2) is 5.69 Å². The molecule has 0 N–H and O–H groups in total. The molecule has 2 aromatic rings. The summed E-state index contributed by atoms with van der Waals surface area (Å²) in [6.45, 7) is 2.74. The lowest BCUT2D eigenvalue weighted by Gasteiger charge is -2.32. The van der Waals surface area contributed by atoms with Gasteiger partial charge >= 0.3 is 0 Å². The van der Waals surface area contributed by atoms with Crippen LogP contribution in [0.25, 0.3) is 5.69 Å². The van der Waals surface area contributed by atoms with Crippen molar-refractivity contribution in [1.29, 1.82) is 0 Å². The van der Waals surface area contributed by atoms with Crippen molar-refractivity contribution in [2.24, 2.45) is 5.92 Å². The van der Waals surface area contributed by atoms with Gasteiger partial charge in [-0.25, -0.2) is 4.68 Å². The number of aromatic nitrogens is 2. The largest absolute Gasteiger partial charge is 0.337 e. The third-order valence-corrected chi connectivity index (χ3v) is 5.11. The van der Waals surface area contributed by atoms with Gasteiger partial charge in [0.25, 0.3) is 5.91 Å². The van der Waals surface area contributed by atoms with Crippen LogP contribution in [-0.4, -0.2) is 59.2 Å². The second-order valence-electron chi connectivity index (χ2n) is 6.92. The van der Waals surface area contributed by atoms with Crippen molar-refractivity contribution in [2.45, 2.75) is 19.3 Å². The number of hydrogen-bond acceptors (Lipinski definition) is 3. The summed E-state index contributed by atoms with van der Waals surface area (Å²) in [6, 6.07) is 9.26. The van der Waals surface area contributed by atoms with Crippen molar-refractivity contribution in [2.75, 3.05) is 33.7 Å². The first-order valence-electron chi connectivity index (χ1n) is 8.79. The zero-order chi connectivity index (χ0) is 17.8. The number of benzene rings is 1. The van der Waals surface area contributed by atoms with Crippen LogP contribution in [0.3, 0.4) is 0 Å². The highest BCUT2D eigenvalue weighted by Gasteiger charge is 2.25. The molecule has 1 aromatic carbocycles. The predicted octanol–water partition coefficient (Wildman–Crippen LogP) is 3.33. The number of para-hydroxylation sites is 1. The van der Waals surface area contributed by atoms with E-state index in [9.17, 15) is 4.79 Å². The SMILES string of the molecule is CN(C)CCC1CCN(C(=O)c2ccn(-c3ccccc3Cl)n2)CC1. The molecule has 0 saturated carbocycles. The third-order valence-electron chi connectivity index (χ3n) is 4.79. The molecule has 0 unspecified atom stereocenters. The van der Waals surface area contributed by atoms with Crippen molar-refractivity contribution in [1.82, 2.24) is 19.6 Å². The quantitative estimate of drug-likeness (QED) is 0.821. The molecular formula is C19H25ClN4O. The molecule has 1 aliphatic rings. The number of amides is 1. The van der Waals surface area contributed by atoms with Crippen molar-refractivity contribution < 1.29 is 4.79 Å². The maximum Gasteiger partial charge on any atom is 0.274 e. The number of rotatable bonds is 5. The van der Waals surface area contributed by atoms with Crippen molar-refractivity contribution >= 4 is 17.5 Å². The number of likely N-dealkylation sites (tertiary alicyclic amines) is 1. The fraction of sp³-hybridized carbons (Fsp3) is 0.474. The van der Waals surface area contributed by atoms with E-state index in [1.165, 1.54) is 6.42 Å². The summed E-state index contributed by atoms with van der Waals surface area (Å²) in [4.78, 5) is 16.9. The highest BCUT2D eigenvalue weighted by Crippen LogP contribution is 2.23. The Hall–Kier alpha value is -1.85. The molecule has 5 nitrogen and oxygen atoms in total. The zero-order valence-electron chi connectivity index (χ0n) is 14.9. The van der Waals surface area contributed by atoms with Crippen LogP contribution in [0.5, 0.6) is 0 Å². The number of carbonyl (C=O) groups excluding carboxylic acids is 1. The maximum absolute atomic E-state index is 12.7. The standard InChI is InChI=1S/C19H25ClN4O/c1-22(2)11-7-15-8-12-23(13-9-15)19(25)17-10-14-24(21-17)18-6-4-3-5-16(18)20/h3-6,10,14-15H,7-9,11-13H2,1-2H3. The molecule has 0 bridgehead atoms. The van der Waals surface area contributed by atoms with Gasteiger partial charge in [-0.1, -0.05) is 23.7 Å². The zero-order valence-corrected chi connectivity index (χ0v) is 15.6. The van der Waals surface area contributed by atoms with Gasteiger partial charge in [-0.05, 0) is 64.0 Å². The number of hydrogen-bond donors (Lipinski definition) is 0. The topological polar surface area (TPSA) is 41.4 Å². The van der Waals surface area contributed by atoms with Crippen LogP contribution in [0.2, 0.25) is 5.02 Å². The first-order chi connectivity index (χ1) is 12.0. The summed E-state index contributed by atoms with van der Waals surface area (Å²) in [6.07, 6.45) is 5.14. The third kappa shape index (κ3) is 4.41.